The third-order valence-electron chi connectivity index (χ3n) is 4.55. The number of fused-ring (bicyclic) bond motifs is 2. The summed E-state index contributed by atoms with van der Waals surface area (Å²) in [6.45, 7) is 2.95. The number of carbonyl (C=O) groups is 1. The van der Waals surface area contributed by atoms with Crippen LogP contribution in [0.5, 0.6) is 0 Å². The van der Waals surface area contributed by atoms with Crippen LogP contribution in [0.2, 0.25) is 0 Å². The first-order chi connectivity index (χ1) is 9.69. The van der Waals surface area contributed by atoms with Gasteiger partial charge in [-0.3, -0.25) is 13.7 Å². The van der Waals surface area contributed by atoms with E-state index in [9.17, 15) is 9.00 Å². The van der Waals surface area contributed by atoms with E-state index in [1.807, 2.05) is 10.9 Å². The van der Waals surface area contributed by atoms with Crippen molar-refractivity contribution in [2.24, 2.45) is 5.92 Å². The molecule has 2 unspecified atom stereocenters. The van der Waals surface area contributed by atoms with E-state index in [4.69, 9.17) is 0 Å². The highest BCUT2D eigenvalue weighted by molar-refractivity contribution is 7.86. The fourth-order valence-corrected chi connectivity index (χ4v) is 5.71. The Morgan fingerprint density at radius 2 is 2.10 bits per heavy atom. The first-order valence-corrected chi connectivity index (χ1v) is 8.92. The molecule has 2 saturated heterocycles. The van der Waals surface area contributed by atoms with Crippen molar-refractivity contribution in [1.82, 2.24) is 9.78 Å². The molecule has 1 aromatic heterocycles. The number of aromatic nitrogens is 2. The van der Waals surface area contributed by atoms with Crippen molar-refractivity contribution in [3.8, 4) is 0 Å². The van der Waals surface area contributed by atoms with Crippen LogP contribution >= 0.6 is 0 Å². The van der Waals surface area contributed by atoms with Gasteiger partial charge >= 0.3 is 0 Å². The molecule has 0 aliphatic carbocycles. The van der Waals surface area contributed by atoms with Gasteiger partial charge in [-0.1, -0.05) is 13.3 Å². The minimum absolute atomic E-state index is 0.0577. The monoisotopic (exact) mass is 294 g/mol. The van der Waals surface area contributed by atoms with Crippen molar-refractivity contribution in [2.45, 2.75) is 62.5 Å². The Morgan fingerprint density at radius 1 is 1.40 bits per heavy atom. The van der Waals surface area contributed by atoms with Crippen molar-refractivity contribution in [3.05, 3.63) is 18.0 Å². The molecule has 1 aromatic rings. The average Bonchev–Trinajstić information content (AvgIpc) is 2.86. The first-order valence-electron chi connectivity index (χ1n) is 7.65. The van der Waals surface area contributed by atoms with Crippen LogP contribution < -0.4 is 0 Å². The van der Waals surface area contributed by atoms with Crippen molar-refractivity contribution in [1.29, 1.82) is 0 Å². The predicted molar refractivity (Wildman–Crippen MR) is 79.1 cm³/mol. The van der Waals surface area contributed by atoms with Crippen LogP contribution in [0, 0.1) is 5.92 Å². The number of ketones is 1. The topological polar surface area (TPSA) is 52.0 Å². The number of hydrogen-bond acceptors (Lipinski definition) is 3. The molecule has 0 saturated carbocycles. The Bertz CT molecular complexity index is 510. The molecule has 2 fully saturated rings. The van der Waals surface area contributed by atoms with Gasteiger partial charge in [0.25, 0.3) is 0 Å². The van der Waals surface area contributed by atoms with Crippen LogP contribution in [-0.4, -0.2) is 30.3 Å². The van der Waals surface area contributed by atoms with E-state index in [1.54, 1.807) is 6.20 Å². The first kappa shape index (κ1) is 14.0. The summed E-state index contributed by atoms with van der Waals surface area (Å²) in [5.41, 5.74) is 0.731. The summed E-state index contributed by atoms with van der Waals surface area (Å²) in [5, 5.41) is 4.75. The summed E-state index contributed by atoms with van der Waals surface area (Å²) in [5.74, 6) is 0.267. The number of aryl methyl sites for hydroxylation is 1. The number of hydrogen-bond donors (Lipinski definition) is 0. The standard InChI is InChI=1S/C15H22N2O2S/c1-2-6-17-10-12(9-16-17)15(18)11-7-13-4-3-5-14(8-11)20(13)19/h9-11,13-14H,2-8H2,1H3. The Balaban J connectivity index is 1.72. The highest BCUT2D eigenvalue weighted by atomic mass is 32.2. The maximum absolute atomic E-state index is 12.6. The van der Waals surface area contributed by atoms with Crippen molar-refractivity contribution < 1.29 is 9.00 Å². The minimum Gasteiger partial charge on any atom is -0.294 e. The Kier molecular flexibility index (Phi) is 4.06. The van der Waals surface area contributed by atoms with E-state index < -0.39 is 10.8 Å². The van der Waals surface area contributed by atoms with Gasteiger partial charge in [0.15, 0.2) is 5.78 Å². The zero-order valence-corrected chi connectivity index (χ0v) is 12.8. The van der Waals surface area contributed by atoms with E-state index in [1.165, 1.54) is 6.42 Å². The van der Waals surface area contributed by atoms with Crippen LogP contribution in [0.15, 0.2) is 12.4 Å². The third kappa shape index (κ3) is 2.60. The van der Waals surface area contributed by atoms with Crippen molar-refractivity contribution >= 4 is 16.6 Å². The van der Waals surface area contributed by atoms with Gasteiger partial charge in [0.2, 0.25) is 0 Å². The Morgan fingerprint density at radius 3 is 2.75 bits per heavy atom. The van der Waals surface area contributed by atoms with Crippen LogP contribution in [0.4, 0.5) is 0 Å². The van der Waals surface area contributed by atoms with E-state index in [0.29, 0.717) is 0 Å². The van der Waals surface area contributed by atoms with Crippen LogP contribution in [0.1, 0.15) is 55.8 Å². The van der Waals surface area contributed by atoms with Crippen LogP contribution in [0.25, 0.3) is 0 Å². The third-order valence-corrected chi connectivity index (χ3v) is 6.72. The molecule has 0 amide bonds. The molecule has 0 spiro atoms. The van der Waals surface area contributed by atoms with Gasteiger partial charge in [-0.2, -0.15) is 5.10 Å². The SMILES string of the molecule is CCCn1cc(C(=O)C2CC3CCCC(C2)S3=O)cn1. The molecule has 3 rings (SSSR count). The summed E-state index contributed by atoms with van der Waals surface area (Å²) < 4.78 is 14.0. The molecule has 3 heterocycles. The number of nitrogens with zero attached hydrogens (tertiary/aromatic N) is 2. The lowest BCUT2D eigenvalue weighted by Crippen LogP contribution is -2.41. The number of Topliss-reactive ketones (excluding diaryl/α,β-unsaturated/α-hetero) is 1. The van der Waals surface area contributed by atoms with Gasteiger partial charge in [0, 0.05) is 40.0 Å². The second-order valence-corrected chi connectivity index (χ2v) is 8.02. The van der Waals surface area contributed by atoms with Gasteiger partial charge in [0.1, 0.15) is 0 Å². The number of carbonyl (C=O) groups excluding carboxylic acids is 1. The lowest BCUT2D eigenvalue weighted by atomic mass is 9.85. The molecule has 2 aliphatic heterocycles. The summed E-state index contributed by atoms with van der Waals surface area (Å²) >= 11 is 0. The molecule has 0 radical (unpaired) electrons. The summed E-state index contributed by atoms with van der Waals surface area (Å²) in [4.78, 5) is 12.6. The molecular formula is C15H22N2O2S. The second-order valence-electron chi connectivity index (χ2n) is 6.03. The largest absolute Gasteiger partial charge is 0.294 e. The average molecular weight is 294 g/mol. The van der Waals surface area contributed by atoms with E-state index in [-0.39, 0.29) is 22.2 Å². The van der Waals surface area contributed by atoms with Gasteiger partial charge in [-0.15, -0.1) is 0 Å². The maximum atomic E-state index is 12.6. The van der Waals surface area contributed by atoms with E-state index in [2.05, 4.69) is 12.0 Å². The van der Waals surface area contributed by atoms with Crippen LogP contribution in [-0.2, 0) is 17.3 Å². The van der Waals surface area contributed by atoms with Gasteiger partial charge < -0.3 is 0 Å². The summed E-state index contributed by atoms with van der Waals surface area (Å²) in [6.07, 6.45) is 9.43. The van der Waals surface area contributed by atoms with Crippen LogP contribution in [0.3, 0.4) is 0 Å². The molecule has 2 atom stereocenters. The molecule has 20 heavy (non-hydrogen) atoms. The molecule has 2 aliphatic rings. The quantitative estimate of drug-likeness (QED) is 0.802. The highest BCUT2D eigenvalue weighted by Crippen LogP contribution is 2.38. The molecule has 4 nitrogen and oxygen atoms in total. The summed E-state index contributed by atoms with van der Waals surface area (Å²) in [6, 6.07) is 0. The van der Waals surface area contributed by atoms with Gasteiger partial charge in [-0.25, -0.2) is 0 Å². The zero-order chi connectivity index (χ0) is 14.1. The Labute approximate surface area is 122 Å². The van der Waals surface area contributed by atoms with E-state index in [0.717, 1.165) is 44.2 Å². The van der Waals surface area contributed by atoms with E-state index >= 15 is 0 Å². The predicted octanol–water partition coefficient (Wildman–Crippen LogP) is 2.56. The molecule has 5 heteroatoms. The van der Waals surface area contributed by atoms with Crippen molar-refractivity contribution in [2.75, 3.05) is 0 Å². The Hall–Kier alpha value is -0.970. The summed E-state index contributed by atoms with van der Waals surface area (Å²) in [7, 11) is -0.700. The maximum Gasteiger partial charge on any atom is 0.169 e. The fourth-order valence-electron chi connectivity index (χ4n) is 3.53. The van der Waals surface area contributed by atoms with Gasteiger partial charge in [-0.05, 0) is 32.1 Å². The lowest BCUT2D eigenvalue weighted by molar-refractivity contribution is 0.0895. The lowest BCUT2D eigenvalue weighted by Gasteiger charge is -2.37. The molecule has 110 valence electrons. The number of rotatable bonds is 4. The normalized spacial score (nSPS) is 33.0. The highest BCUT2D eigenvalue weighted by Gasteiger charge is 2.40. The molecular weight excluding hydrogens is 272 g/mol. The molecule has 0 N–H and O–H groups in total. The van der Waals surface area contributed by atoms with Gasteiger partial charge in [0.05, 0.1) is 11.8 Å². The minimum atomic E-state index is -0.700. The second kappa shape index (κ2) is 5.80. The molecule has 2 bridgehead atoms. The molecule has 0 aromatic carbocycles. The fraction of sp³-hybridized carbons (Fsp3) is 0.733. The zero-order valence-electron chi connectivity index (χ0n) is 12.0. The smallest absolute Gasteiger partial charge is 0.169 e. The van der Waals surface area contributed by atoms with Crippen molar-refractivity contribution in [3.63, 3.8) is 0 Å².